The van der Waals surface area contributed by atoms with Crippen LogP contribution < -0.4 is 10.1 Å². The van der Waals surface area contributed by atoms with Gasteiger partial charge in [0.15, 0.2) is 0 Å². The Labute approximate surface area is 149 Å². The molecule has 25 heavy (non-hydrogen) atoms. The van der Waals surface area contributed by atoms with E-state index in [1.165, 1.54) is 0 Å². The number of morpholine rings is 1. The van der Waals surface area contributed by atoms with Crippen molar-refractivity contribution >= 4 is 11.8 Å². The van der Waals surface area contributed by atoms with E-state index in [1.54, 1.807) is 12.1 Å². The molecule has 0 bridgehead atoms. The molecular formula is C18H28N2O5. The summed E-state index contributed by atoms with van der Waals surface area (Å²) >= 11 is 0. The molecule has 1 aliphatic rings. The number of carbonyl (C=O) groups is 1. The lowest BCUT2D eigenvalue weighted by molar-refractivity contribution is 0.0322. The molecule has 1 amide bonds. The average molecular weight is 352 g/mol. The Morgan fingerprint density at radius 2 is 1.88 bits per heavy atom. The second-order valence-corrected chi connectivity index (χ2v) is 5.70. The first-order valence-corrected chi connectivity index (χ1v) is 8.82. The maximum Gasteiger partial charge on any atom is 0.411 e. The molecule has 1 fully saturated rings. The number of hydrogen-bond donors (Lipinski definition) is 1. The van der Waals surface area contributed by atoms with Gasteiger partial charge in [-0.3, -0.25) is 10.2 Å². The summed E-state index contributed by atoms with van der Waals surface area (Å²) in [5.74, 6) is 0.778. The molecule has 0 aromatic heterocycles. The molecular weight excluding hydrogens is 324 g/mol. The molecule has 140 valence electrons. The SMILES string of the molecule is CCCOCCOC(=O)Nc1ccc(OCCN2CCOCC2)cc1. The van der Waals surface area contributed by atoms with Gasteiger partial charge in [-0.05, 0) is 30.7 Å². The van der Waals surface area contributed by atoms with Gasteiger partial charge in [-0.2, -0.15) is 0 Å². The number of benzene rings is 1. The van der Waals surface area contributed by atoms with Crippen LogP contribution in [0.5, 0.6) is 5.75 Å². The van der Waals surface area contributed by atoms with Crippen LogP contribution >= 0.6 is 0 Å². The Kier molecular flexibility index (Phi) is 9.11. The standard InChI is InChI=1S/C18H28N2O5/c1-2-10-22-14-15-25-18(21)19-16-3-5-17(6-4-16)24-13-9-20-7-11-23-12-8-20/h3-6H,2,7-15H2,1H3,(H,19,21). The van der Waals surface area contributed by atoms with Crippen molar-refractivity contribution in [3.8, 4) is 5.75 Å². The molecule has 1 aliphatic heterocycles. The highest BCUT2D eigenvalue weighted by Gasteiger charge is 2.09. The second kappa shape index (κ2) is 11.7. The second-order valence-electron chi connectivity index (χ2n) is 5.70. The van der Waals surface area contributed by atoms with Crippen LogP contribution in [0.1, 0.15) is 13.3 Å². The van der Waals surface area contributed by atoms with Crippen molar-refractivity contribution in [1.29, 1.82) is 0 Å². The van der Waals surface area contributed by atoms with E-state index in [-0.39, 0.29) is 6.61 Å². The molecule has 0 spiro atoms. The van der Waals surface area contributed by atoms with Crippen molar-refractivity contribution < 1.29 is 23.7 Å². The van der Waals surface area contributed by atoms with Crippen molar-refractivity contribution in [2.24, 2.45) is 0 Å². The summed E-state index contributed by atoms with van der Waals surface area (Å²) in [6.07, 6.45) is 0.466. The normalized spacial score (nSPS) is 14.9. The highest BCUT2D eigenvalue weighted by Crippen LogP contribution is 2.16. The molecule has 1 saturated heterocycles. The minimum absolute atomic E-state index is 0.245. The lowest BCUT2D eigenvalue weighted by Gasteiger charge is -2.26. The maximum absolute atomic E-state index is 11.6. The number of amides is 1. The van der Waals surface area contributed by atoms with Crippen molar-refractivity contribution in [2.45, 2.75) is 13.3 Å². The third-order valence-electron chi connectivity index (χ3n) is 3.69. The zero-order valence-corrected chi connectivity index (χ0v) is 14.9. The highest BCUT2D eigenvalue weighted by molar-refractivity contribution is 5.84. The van der Waals surface area contributed by atoms with Gasteiger partial charge in [0.05, 0.1) is 19.8 Å². The van der Waals surface area contributed by atoms with Crippen LogP contribution in [-0.4, -0.2) is 70.3 Å². The zero-order chi connectivity index (χ0) is 17.7. The van der Waals surface area contributed by atoms with Gasteiger partial charge in [-0.25, -0.2) is 4.79 Å². The van der Waals surface area contributed by atoms with Crippen molar-refractivity contribution in [3.63, 3.8) is 0 Å². The lowest BCUT2D eigenvalue weighted by Crippen LogP contribution is -2.38. The number of nitrogens with zero attached hydrogens (tertiary/aromatic N) is 1. The molecule has 7 nitrogen and oxygen atoms in total. The predicted octanol–water partition coefficient (Wildman–Crippen LogP) is 2.37. The minimum Gasteiger partial charge on any atom is -0.492 e. The zero-order valence-electron chi connectivity index (χ0n) is 14.9. The van der Waals surface area contributed by atoms with E-state index in [0.29, 0.717) is 25.5 Å². The number of rotatable bonds is 10. The molecule has 2 rings (SSSR count). The summed E-state index contributed by atoms with van der Waals surface area (Å²) in [6, 6.07) is 7.25. The lowest BCUT2D eigenvalue weighted by atomic mass is 10.3. The fraction of sp³-hybridized carbons (Fsp3) is 0.611. The molecule has 0 saturated carbocycles. The summed E-state index contributed by atoms with van der Waals surface area (Å²) in [5, 5.41) is 2.67. The van der Waals surface area contributed by atoms with E-state index < -0.39 is 6.09 Å². The predicted molar refractivity (Wildman–Crippen MR) is 95.3 cm³/mol. The van der Waals surface area contributed by atoms with Crippen molar-refractivity contribution in [3.05, 3.63) is 24.3 Å². The molecule has 0 atom stereocenters. The van der Waals surface area contributed by atoms with Crippen molar-refractivity contribution in [2.75, 3.05) is 64.6 Å². The molecule has 0 radical (unpaired) electrons. The Morgan fingerprint density at radius 3 is 2.60 bits per heavy atom. The fourth-order valence-corrected chi connectivity index (χ4v) is 2.35. The third-order valence-corrected chi connectivity index (χ3v) is 3.69. The van der Waals surface area contributed by atoms with Crippen LogP contribution in [0.25, 0.3) is 0 Å². The van der Waals surface area contributed by atoms with Gasteiger partial charge in [-0.1, -0.05) is 6.92 Å². The van der Waals surface area contributed by atoms with Crippen LogP contribution in [0.2, 0.25) is 0 Å². The van der Waals surface area contributed by atoms with Crippen LogP contribution in [0, 0.1) is 0 Å². The Bertz CT molecular complexity index is 489. The quantitative estimate of drug-likeness (QED) is 0.652. The molecule has 0 unspecified atom stereocenters. The molecule has 1 N–H and O–H groups in total. The van der Waals surface area contributed by atoms with Gasteiger partial charge in [0, 0.05) is 31.9 Å². The first-order chi connectivity index (χ1) is 12.3. The van der Waals surface area contributed by atoms with Gasteiger partial charge in [0.1, 0.15) is 19.0 Å². The Morgan fingerprint density at radius 1 is 1.12 bits per heavy atom. The van der Waals surface area contributed by atoms with Crippen LogP contribution in [0.3, 0.4) is 0 Å². The van der Waals surface area contributed by atoms with Gasteiger partial charge >= 0.3 is 6.09 Å². The van der Waals surface area contributed by atoms with E-state index in [1.807, 2.05) is 19.1 Å². The van der Waals surface area contributed by atoms with Crippen LogP contribution in [0.15, 0.2) is 24.3 Å². The summed E-state index contributed by atoms with van der Waals surface area (Å²) in [5.41, 5.74) is 0.667. The van der Waals surface area contributed by atoms with E-state index in [4.69, 9.17) is 18.9 Å². The maximum atomic E-state index is 11.6. The van der Waals surface area contributed by atoms with Gasteiger partial charge in [0.25, 0.3) is 0 Å². The molecule has 7 heteroatoms. The first kappa shape index (κ1) is 19.5. The third kappa shape index (κ3) is 8.20. The minimum atomic E-state index is -0.485. The monoisotopic (exact) mass is 352 g/mol. The molecule has 1 aromatic rings. The number of carbonyl (C=O) groups excluding carboxylic acids is 1. The smallest absolute Gasteiger partial charge is 0.411 e. The Hall–Kier alpha value is -1.83. The van der Waals surface area contributed by atoms with Gasteiger partial charge in [0.2, 0.25) is 0 Å². The van der Waals surface area contributed by atoms with Crippen LogP contribution in [0.4, 0.5) is 10.5 Å². The van der Waals surface area contributed by atoms with Crippen LogP contribution in [-0.2, 0) is 14.2 Å². The Balaban J connectivity index is 1.61. The van der Waals surface area contributed by atoms with E-state index in [2.05, 4.69) is 10.2 Å². The van der Waals surface area contributed by atoms with E-state index in [0.717, 1.165) is 45.0 Å². The van der Waals surface area contributed by atoms with Gasteiger partial charge in [-0.15, -0.1) is 0 Å². The summed E-state index contributed by atoms with van der Waals surface area (Å²) in [4.78, 5) is 14.0. The van der Waals surface area contributed by atoms with E-state index >= 15 is 0 Å². The molecule has 0 aliphatic carbocycles. The summed E-state index contributed by atoms with van der Waals surface area (Å²) in [7, 11) is 0. The number of ether oxygens (including phenoxy) is 4. The highest BCUT2D eigenvalue weighted by atomic mass is 16.6. The van der Waals surface area contributed by atoms with E-state index in [9.17, 15) is 4.79 Å². The van der Waals surface area contributed by atoms with Gasteiger partial charge < -0.3 is 18.9 Å². The summed E-state index contributed by atoms with van der Waals surface area (Å²) < 4.78 is 21.3. The number of anilines is 1. The number of nitrogens with one attached hydrogen (secondary N) is 1. The van der Waals surface area contributed by atoms with Crippen molar-refractivity contribution in [1.82, 2.24) is 4.90 Å². The molecule has 1 heterocycles. The fourth-order valence-electron chi connectivity index (χ4n) is 2.35. The topological polar surface area (TPSA) is 69.3 Å². The number of hydrogen-bond acceptors (Lipinski definition) is 6. The first-order valence-electron chi connectivity index (χ1n) is 8.82. The average Bonchev–Trinajstić information content (AvgIpc) is 2.64. The summed E-state index contributed by atoms with van der Waals surface area (Å²) in [6.45, 7) is 8.38. The molecule has 1 aromatic carbocycles. The largest absolute Gasteiger partial charge is 0.492 e.